The average Bonchev–Trinajstić information content (AvgIpc) is 3.35. The lowest BCUT2D eigenvalue weighted by Crippen LogP contribution is -2.39. The summed E-state index contributed by atoms with van der Waals surface area (Å²) in [6.45, 7) is 3.50. The first-order valence-electron chi connectivity index (χ1n) is 8.83. The lowest BCUT2D eigenvalue weighted by Gasteiger charge is -2.32. The fraction of sp³-hybridized carbons (Fsp3) is 0.556. The van der Waals surface area contributed by atoms with Crippen LogP contribution in [0.25, 0.3) is 0 Å². The van der Waals surface area contributed by atoms with Crippen molar-refractivity contribution in [3.8, 4) is 0 Å². The van der Waals surface area contributed by atoms with Gasteiger partial charge < -0.3 is 4.90 Å². The topological polar surface area (TPSA) is 74.8 Å². The van der Waals surface area contributed by atoms with E-state index >= 15 is 0 Å². The van der Waals surface area contributed by atoms with E-state index in [1.165, 1.54) is 12.8 Å². The normalized spacial score (nSPS) is 18.8. The minimum absolute atomic E-state index is 0.106. The Morgan fingerprint density at radius 1 is 1.29 bits per heavy atom. The SMILES string of the molecule is Cc1ncccc1C(=O)N1CCC(Cc2nc(C3CC3)n[nH]2)CC1. The van der Waals surface area contributed by atoms with E-state index in [0.29, 0.717) is 11.8 Å². The highest BCUT2D eigenvalue weighted by atomic mass is 16.2. The molecule has 2 aliphatic rings. The molecule has 0 spiro atoms. The number of hydrogen-bond acceptors (Lipinski definition) is 4. The van der Waals surface area contributed by atoms with Crippen molar-refractivity contribution >= 4 is 5.91 Å². The smallest absolute Gasteiger partial charge is 0.255 e. The zero-order valence-electron chi connectivity index (χ0n) is 14.0. The van der Waals surface area contributed by atoms with Gasteiger partial charge in [0.15, 0.2) is 5.82 Å². The van der Waals surface area contributed by atoms with Crippen molar-refractivity contribution in [2.45, 2.75) is 44.9 Å². The summed E-state index contributed by atoms with van der Waals surface area (Å²) in [5.74, 6) is 3.27. The molecule has 24 heavy (non-hydrogen) atoms. The second-order valence-corrected chi connectivity index (χ2v) is 6.99. The summed E-state index contributed by atoms with van der Waals surface area (Å²) in [6, 6.07) is 3.69. The minimum atomic E-state index is 0.106. The van der Waals surface area contributed by atoms with Gasteiger partial charge >= 0.3 is 0 Å². The maximum absolute atomic E-state index is 12.6. The van der Waals surface area contributed by atoms with Gasteiger partial charge in [0.05, 0.1) is 5.56 Å². The second kappa shape index (κ2) is 6.34. The summed E-state index contributed by atoms with van der Waals surface area (Å²) in [7, 11) is 0. The summed E-state index contributed by atoms with van der Waals surface area (Å²) in [5, 5.41) is 7.42. The molecule has 0 aromatic carbocycles. The first-order valence-corrected chi connectivity index (χ1v) is 8.83. The Balaban J connectivity index is 1.32. The maximum Gasteiger partial charge on any atom is 0.255 e. The first kappa shape index (κ1) is 15.3. The molecular weight excluding hydrogens is 302 g/mol. The number of H-pyrrole nitrogens is 1. The second-order valence-electron chi connectivity index (χ2n) is 6.99. The third-order valence-corrected chi connectivity index (χ3v) is 5.11. The van der Waals surface area contributed by atoms with Gasteiger partial charge in [-0.3, -0.25) is 14.9 Å². The van der Waals surface area contributed by atoms with E-state index < -0.39 is 0 Å². The van der Waals surface area contributed by atoms with Crippen molar-refractivity contribution in [3.63, 3.8) is 0 Å². The van der Waals surface area contributed by atoms with E-state index in [-0.39, 0.29) is 5.91 Å². The van der Waals surface area contributed by atoms with Gasteiger partial charge in [-0.15, -0.1) is 0 Å². The third-order valence-electron chi connectivity index (χ3n) is 5.11. The van der Waals surface area contributed by atoms with Crippen LogP contribution < -0.4 is 0 Å². The minimum Gasteiger partial charge on any atom is -0.339 e. The third kappa shape index (κ3) is 3.18. The van der Waals surface area contributed by atoms with E-state index in [1.807, 2.05) is 24.0 Å². The van der Waals surface area contributed by atoms with Crippen LogP contribution in [0.4, 0.5) is 0 Å². The Morgan fingerprint density at radius 2 is 2.08 bits per heavy atom. The number of aromatic nitrogens is 4. The lowest BCUT2D eigenvalue weighted by molar-refractivity contribution is 0.0688. The van der Waals surface area contributed by atoms with E-state index in [4.69, 9.17) is 0 Å². The number of carbonyl (C=O) groups excluding carboxylic acids is 1. The molecule has 2 aromatic heterocycles. The highest BCUT2D eigenvalue weighted by Gasteiger charge is 2.29. The summed E-state index contributed by atoms with van der Waals surface area (Å²) in [6.07, 6.45) is 7.16. The molecule has 1 N–H and O–H groups in total. The van der Waals surface area contributed by atoms with Gasteiger partial charge in [-0.1, -0.05) is 0 Å². The summed E-state index contributed by atoms with van der Waals surface area (Å²) in [5.41, 5.74) is 1.53. The van der Waals surface area contributed by atoms with Crippen LogP contribution in [0, 0.1) is 12.8 Å². The predicted octanol–water partition coefficient (Wildman–Crippen LogP) is 2.48. The quantitative estimate of drug-likeness (QED) is 0.937. The number of aromatic amines is 1. The molecule has 2 aromatic rings. The van der Waals surface area contributed by atoms with Crippen molar-refractivity contribution in [1.82, 2.24) is 25.1 Å². The van der Waals surface area contributed by atoms with Gasteiger partial charge in [0.1, 0.15) is 5.82 Å². The van der Waals surface area contributed by atoms with Crippen LogP contribution in [-0.4, -0.2) is 44.1 Å². The van der Waals surface area contributed by atoms with Gasteiger partial charge in [-0.2, -0.15) is 5.10 Å². The number of nitrogens with one attached hydrogen (secondary N) is 1. The number of aryl methyl sites for hydroxylation is 1. The van der Waals surface area contributed by atoms with Crippen LogP contribution >= 0.6 is 0 Å². The molecule has 1 aliphatic carbocycles. The molecule has 126 valence electrons. The number of amides is 1. The highest BCUT2D eigenvalue weighted by Crippen LogP contribution is 2.37. The summed E-state index contributed by atoms with van der Waals surface area (Å²) in [4.78, 5) is 23.4. The fourth-order valence-electron chi connectivity index (χ4n) is 3.42. The van der Waals surface area contributed by atoms with Crippen molar-refractivity contribution in [3.05, 3.63) is 41.2 Å². The van der Waals surface area contributed by atoms with Crippen LogP contribution in [0.1, 0.15) is 59.3 Å². The Kier molecular flexibility index (Phi) is 4.04. The Labute approximate surface area is 141 Å². The van der Waals surface area contributed by atoms with E-state index in [9.17, 15) is 4.79 Å². The van der Waals surface area contributed by atoms with Crippen LogP contribution in [0.3, 0.4) is 0 Å². The molecule has 6 heteroatoms. The zero-order chi connectivity index (χ0) is 16.5. The molecule has 1 amide bonds. The molecule has 2 fully saturated rings. The lowest BCUT2D eigenvalue weighted by atomic mass is 9.93. The Bertz CT molecular complexity index is 729. The molecule has 0 radical (unpaired) electrons. The van der Waals surface area contributed by atoms with Gasteiger partial charge in [0.2, 0.25) is 0 Å². The average molecular weight is 325 g/mol. The molecule has 3 heterocycles. The summed E-state index contributed by atoms with van der Waals surface area (Å²) >= 11 is 0. The molecule has 0 bridgehead atoms. The predicted molar refractivity (Wildman–Crippen MR) is 89.7 cm³/mol. The Morgan fingerprint density at radius 3 is 2.79 bits per heavy atom. The maximum atomic E-state index is 12.6. The Hall–Kier alpha value is -2.24. The molecule has 0 atom stereocenters. The van der Waals surface area contributed by atoms with E-state index in [0.717, 1.165) is 55.3 Å². The van der Waals surface area contributed by atoms with Crippen molar-refractivity contribution in [2.24, 2.45) is 5.92 Å². The number of nitrogens with zero attached hydrogens (tertiary/aromatic N) is 4. The molecule has 6 nitrogen and oxygen atoms in total. The van der Waals surface area contributed by atoms with Crippen molar-refractivity contribution in [1.29, 1.82) is 0 Å². The molecule has 1 saturated heterocycles. The largest absolute Gasteiger partial charge is 0.339 e. The number of hydrogen-bond donors (Lipinski definition) is 1. The van der Waals surface area contributed by atoms with Gasteiger partial charge in [-0.25, -0.2) is 4.98 Å². The van der Waals surface area contributed by atoms with Gasteiger partial charge in [0, 0.05) is 37.3 Å². The zero-order valence-corrected chi connectivity index (χ0v) is 14.0. The first-order chi connectivity index (χ1) is 11.7. The molecule has 1 aliphatic heterocycles. The van der Waals surface area contributed by atoms with Crippen LogP contribution in [0.15, 0.2) is 18.3 Å². The molecule has 0 unspecified atom stereocenters. The van der Waals surface area contributed by atoms with E-state index in [2.05, 4.69) is 20.2 Å². The molecule has 1 saturated carbocycles. The number of carbonyl (C=O) groups is 1. The van der Waals surface area contributed by atoms with E-state index in [1.54, 1.807) is 6.20 Å². The number of likely N-dealkylation sites (tertiary alicyclic amines) is 1. The fourth-order valence-corrected chi connectivity index (χ4v) is 3.42. The highest BCUT2D eigenvalue weighted by molar-refractivity contribution is 5.95. The monoisotopic (exact) mass is 325 g/mol. The van der Waals surface area contributed by atoms with Crippen LogP contribution in [0.5, 0.6) is 0 Å². The van der Waals surface area contributed by atoms with Gasteiger partial charge in [0.25, 0.3) is 5.91 Å². The van der Waals surface area contributed by atoms with Crippen LogP contribution in [0.2, 0.25) is 0 Å². The van der Waals surface area contributed by atoms with Gasteiger partial charge in [-0.05, 0) is 50.7 Å². The molecular formula is C18H23N5O. The molecule has 4 rings (SSSR count). The van der Waals surface area contributed by atoms with Crippen molar-refractivity contribution < 1.29 is 4.79 Å². The van der Waals surface area contributed by atoms with Crippen molar-refractivity contribution in [2.75, 3.05) is 13.1 Å². The van der Waals surface area contributed by atoms with Crippen LogP contribution in [-0.2, 0) is 6.42 Å². The summed E-state index contributed by atoms with van der Waals surface area (Å²) < 4.78 is 0. The number of pyridine rings is 1. The number of rotatable bonds is 4. The standard InChI is InChI=1S/C18H23N5O/c1-12-15(3-2-8-19-12)18(24)23-9-6-13(7-10-23)11-16-20-17(22-21-16)14-4-5-14/h2-3,8,13-14H,4-7,9-11H2,1H3,(H,20,21,22). The number of piperidine rings is 1.